The Morgan fingerprint density at radius 1 is 1.29 bits per heavy atom. The lowest BCUT2D eigenvalue weighted by Gasteiger charge is -2.03. The van der Waals surface area contributed by atoms with E-state index in [4.69, 9.17) is 0 Å². The van der Waals surface area contributed by atoms with Crippen molar-refractivity contribution in [3.63, 3.8) is 0 Å². The van der Waals surface area contributed by atoms with E-state index in [1.54, 1.807) is 29.0 Å². The first-order valence-corrected chi connectivity index (χ1v) is 9.28. The number of pyridine rings is 1. The van der Waals surface area contributed by atoms with Crippen LogP contribution in [0.2, 0.25) is 0 Å². The van der Waals surface area contributed by atoms with Crippen LogP contribution in [0, 0.1) is 10.1 Å². The summed E-state index contributed by atoms with van der Waals surface area (Å²) in [5.74, 6) is 0.421. The van der Waals surface area contributed by atoms with Gasteiger partial charge in [-0.05, 0) is 29.8 Å². The largest absolute Gasteiger partial charge is 0.329 e. The van der Waals surface area contributed by atoms with E-state index in [1.165, 1.54) is 12.1 Å². The minimum Gasteiger partial charge on any atom is -0.324 e. The molecule has 0 fully saturated rings. The first-order chi connectivity index (χ1) is 11.2. The molecule has 0 amide bonds. The predicted octanol–water partition coefficient (Wildman–Crippen LogP) is 3.37. The average Bonchev–Trinajstić information content (AvgIpc) is 2.83. The molecule has 10 heteroatoms. The van der Waals surface area contributed by atoms with Gasteiger partial charge in [-0.25, -0.2) is 4.98 Å². The topological polar surface area (TPSA) is 118 Å². The Bertz CT molecular complexity index is 980. The van der Waals surface area contributed by atoms with E-state index in [9.17, 15) is 24.5 Å². The van der Waals surface area contributed by atoms with Gasteiger partial charge in [0, 0.05) is 22.1 Å². The molecule has 0 saturated heterocycles. The molecular formula is C14H11BrN3O5P. The van der Waals surface area contributed by atoms with E-state index < -0.39 is 18.7 Å². The normalized spacial score (nSPS) is 11.8. The zero-order valence-electron chi connectivity index (χ0n) is 12.0. The lowest BCUT2D eigenvalue weighted by Crippen LogP contribution is -1.97. The van der Waals surface area contributed by atoms with E-state index in [-0.39, 0.29) is 5.69 Å². The molecule has 0 atom stereocenters. The number of benzene rings is 1. The van der Waals surface area contributed by atoms with Gasteiger partial charge in [-0.3, -0.25) is 14.7 Å². The highest BCUT2D eigenvalue weighted by Crippen LogP contribution is 2.42. The van der Waals surface area contributed by atoms with Gasteiger partial charge in [0.1, 0.15) is 12.0 Å². The molecule has 2 heterocycles. The Balaban J connectivity index is 2.17. The van der Waals surface area contributed by atoms with Crippen LogP contribution < -0.4 is 0 Å². The molecule has 0 saturated carbocycles. The minimum absolute atomic E-state index is 0.131. The van der Waals surface area contributed by atoms with Crippen LogP contribution >= 0.6 is 23.5 Å². The molecule has 2 N–H and O–H groups in total. The maximum absolute atomic E-state index is 11.4. The molecule has 3 rings (SSSR count). The summed E-state index contributed by atoms with van der Waals surface area (Å²) < 4.78 is 13.8. The molecular weight excluding hydrogens is 401 g/mol. The van der Waals surface area contributed by atoms with Gasteiger partial charge in [0.05, 0.1) is 16.6 Å². The van der Waals surface area contributed by atoms with Gasteiger partial charge in [0.2, 0.25) is 0 Å². The van der Waals surface area contributed by atoms with Crippen LogP contribution in [0.1, 0.15) is 5.56 Å². The summed E-state index contributed by atoms with van der Waals surface area (Å²) in [5, 5.41) is 11.4. The zero-order valence-corrected chi connectivity index (χ0v) is 14.5. The van der Waals surface area contributed by atoms with Crippen molar-refractivity contribution in [2.24, 2.45) is 0 Å². The molecule has 3 aromatic rings. The summed E-state index contributed by atoms with van der Waals surface area (Å²) in [5.41, 5.74) is 1.04. The molecule has 0 aliphatic heterocycles. The molecule has 2 aromatic heterocycles. The van der Waals surface area contributed by atoms with Gasteiger partial charge < -0.3 is 14.4 Å². The fourth-order valence-electron chi connectivity index (χ4n) is 2.44. The van der Waals surface area contributed by atoms with Crippen molar-refractivity contribution in [1.82, 2.24) is 9.55 Å². The quantitative estimate of drug-likeness (QED) is 0.385. The van der Waals surface area contributed by atoms with E-state index in [1.807, 2.05) is 0 Å². The first kappa shape index (κ1) is 16.8. The molecule has 0 spiro atoms. The second-order valence-electron chi connectivity index (χ2n) is 5.14. The van der Waals surface area contributed by atoms with E-state index >= 15 is 0 Å². The summed E-state index contributed by atoms with van der Waals surface area (Å²) in [6.07, 6.45) is 2.33. The lowest BCUT2D eigenvalue weighted by molar-refractivity contribution is -0.385. The van der Waals surface area contributed by atoms with Gasteiger partial charge in [0.15, 0.2) is 0 Å². The second-order valence-corrected chi connectivity index (χ2v) is 7.70. The third-order valence-corrected chi connectivity index (χ3v) is 4.66. The molecule has 0 aliphatic carbocycles. The van der Waals surface area contributed by atoms with Crippen molar-refractivity contribution in [2.75, 3.05) is 0 Å². The summed E-state index contributed by atoms with van der Waals surface area (Å²) in [6.45, 7) is 0. The monoisotopic (exact) mass is 411 g/mol. The van der Waals surface area contributed by atoms with Gasteiger partial charge in [0.25, 0.3) is 5.69 Å². The molecule has 0 bridgehead atoms. The lowest BCUT2D eigenvalue weighted by atomic mass is 10.2. The van der Waals surface area contributed by atoms with Crippen molar-refractivity contribution in [1.29, 1.82) is 0 Å². The summed E-state index contributed by atoms with van der Waals surface area (Å²) >= 11 is 3.34. The highest BCUT2D eigenvalue weighted by atomic mass is 79.9. The van der Waals surface area contributed by atoms with Gasteiger partial charge in [-0.15, -0.1) is 0 Å². The number of nitro groups is 1. The molecule has 0 unspecified atom stereocenters. The minimum atomic E-state index is -4.24. The highest BCUT2D eigenvalue weighted by Gasteiger charge is 2.20. The number of rotatable bonds is 4. The molecule has 24 heavy (non-hydrogen) atoms. The Kier molecular flexibility index (Phi) is 4.27. The fourth-order valence-corrected chi connectivity index (χ4v) is 3.49. The van der Waals surface area contributed by atoms with Crippen molar-refractivity contribution in [3.8, 4) is 5.82 Å². The second kappa shape index (κ2) is 6.10. The number of aromatic nitrogens is 2. The zero-order chi connectivity index (χ0) is 17.5. The van der Waals surface area contributed by atoms with Gasteiger partial charge in [-0.2, -0.15) is 0 Å². The Labute approximate surface area is 144 Å². The summed E-state index contributed by atoms with van der Waals surface area (Å²) in [7, 11) is -4.24. The Morgan fingerprint density at radius 2 is 2.04 bits per heavy atom. The molecule has 0 aliphatic rings. The molecule has 1 aromatic carbocycles. The number of halogens is 1. The number of nitrogens with zero attached hydrogens (tertiary/aromatic N) is 3. The van der Waals surface area contributed by atoms with E-state index in [2.05, 4.69) is 20.9 Å². The van der Waals surface area contributed by atoms with Crippen molar-refractivity contribution < 1.29 is 19.3 Å². The Hall–Kier alpha value is -2.06. The van der Waals surface area contributed by atoms with Crippen LogP contribution in [-0.4, -0.2) is 24.3 Å². The van der Waals surface area contributed by atoms with Gasteiger partial charge >= 0.3 is 7.60 Å². The van der Waals surface area contributed by atoms with Crippen molar-refractivity contribution in [2.45, 2.75) is 6.16 Å². The van der Waals surface area contributed by atoms with E-state index in [0.717, 1.165) is 10.7 Å². The van der Waals surface area contributed by atoms with Gasteiger partial charge in [-0.1, -0.05) is 15.9 Å². The van der Waals surface area contributed by atoms with Crippen LogP contribution in [-0.2, 0) is 10.7 Å². The van der Waals surface area contributed by atoms with Crippen molar-refractivity contribution >= 4 is 40.1 Å². The smallest absolute Gasteiger partial charge is 0.324 e. The van der Waals surface area contributed by atoms with Crippen LogP contribution in [0.3, 0.4) is 0 Å². The Morgan fingerprint density at radius 3 is 2.62 bits per heavy atom. The highest BCUT2D eigenvalue weighted by molar-refractivity contribution is 9.10. The van der Waals surface area contributed by atoms with Crippen LogP contribution in [0.25, 0.3) is 16.7 Å². The molecule has 8 nitrogen and oxygen atoms in total. The number of hydrogen-bond donors (Lipinski definition) is 2. The first-order valence-electron chi connectivity index (χ1n) is 6.69. The maximum Gasteiger partial charge on any atom is 0.329 e. The summed E-state index contributed by atoms with van der Waals surface area (Å²) in [6, 6.07) is 8.16. The van der Waals surface area contributed by atoms with Crippen LogP contribution in [0.5, 0.6) is 0 Å². The molecule has 124 valence electrons. The molecule has 0 radical (unpaired) electrons. The third kappa shape index (κ3) is 3.39. The van der Waals surface area contributed by atoms with Crippen LogP contribution in [0.4, 0.5) is 5.69 Å². The average molecular weight is 412 g/mol. The maximum atomic E-state index is 11.4. The van der Waals surface area contributed by atoms with Crippen LogP contribution in [0.15, 0.2) is 47.2 Å². The predicted molar refractivity (Wildman–Crippen MR) is 91.2 cm³/mol. The fraction of sp³-hybridized carbons (Fsp3) is 0.0714. The summed E-state index contributed by atoms with van der Waals surface area (Å²) in [4.78, 5) is 32.8. The number of fused-ring (bicyclic) bond motifs is 1. The number of hydrogen-bond acceptors (Lipinski definition) is 4. The SMILES string of the molecule is O=[N+]([O-])c1ccc(-n2cc(CP(=O)(O)O)c3cc(Br)ccc32)nc1. The standard InChI is InChI=1S/C14H11BrN3O5P/c15-10-1-3-13-12(5-10)9(8-24(21,22)23)7-17(13)14-4-2-11(6-16-14)18(19)20/h1-7H,8H2,(H2,21,22,23). The van der Waals surface area contributed by atoms with Crippen molar-refractivity contribution in [3.05, 3.63) is 62.9 Å². The van der Waals surface area contributed by atoms with E-state index in [0.29, 0.717) is 22.3 Å². The third-order valence-electron chi connectivity index (χ3n) is 3.42.